The number of fused-ring (bicyclic) bond motifs is 7. The third kappa shape index (κ3) is 6.66. The van der Waals surface area contributed by atoms with E-state index < -0.39 is 11.4 Å². The summed E-state index contributed by atoms with van der Waals surface area (Å²) in [6.45, 7) is 31.4. The van der Waals surface area contributed by atoms with E-state index in [1.165, 1.54) is 115 Å². The van der Waals surface area contributed by atoms with E-state index in [-0.39, 0.29) is 35.7 Å². The van der Waals surface area contributed by atoms with E-state index in [0.29, 0.717) is 34.0 Å². The Morgan fingerprint density at radius 1 is 0.788 bits per heavy atom. The number of ether oxygens (including phenoxy) is 1. The number of aliphatic carboxylic acids is 1. The number of hydrogen-bond donors (Lipinski definition) is 1. The van der Waals surface area contributed by atoms with Crippen LogP contribution in [0.25, 0.3) is 0 Å². The quantitative estimate of drug-likeness (QED) is 0.169. The summed E-state index contributed by atoms with van der Waals surface area (Å²) in [4.78, 5) is 30.2. The zero-order valence-corrected chi connectivity index (χ0v) is 34.7. The minimum atomic E-state index is -0.861. The minimum Gasteiger partial charge on any atom is -0.481 e. The number of hydrogen-bond acceptors (Lipinski definition) is 5. The number of carboxylic acids is 1. The van der Waals surface area contributed by atoms with E-state index >= 15 is 0 Å². The second kappa shape index (κ2) is 13.7. The number of carbonyl (C=O) groups is 2. The van der Waals surface area contributed by atoms with Crippen molar-refractivity contribution in [1.82, 2.24) is 9.80 Å². The molecule has 6 aliphatic carbocycles. The maximum atomic E-state index is 13.3. The highest BCUT2D eigenvalue weighted by molar-refractivity contribution is 5.73. The summed E-state index contributed by atoms with van der Waals surface area (Å²) in [6, 6.07) is 0. The lowest BCUT2D eigenvalue weighted by Gasteiger charge is -2.73. The van der Waals surface area contributed by atoms with Crippen LogP contribution in [-0.4, -0.2) is 72.2 Å². The monoisotopic (exact) mass is 721 g/mol. The number of piperazine rings is 1. The van der Waals surface area contributed by atoms with Crippen molar-refractivity contribution >= 4 is 11.9 Å². The van der Waals surface area contributed by atoms with Crippen molar-refractivity contribution in [2.45, 2.75) is 158 Å². The summed E-state index contributed by atoms with van der Waals surface area (Å²) in [5.41, 5.74) is 2.10. The van der Waals surface area contributed by atoms with E-state index in [0.717, 1.165) is 30.6 Å². The standard InChI is InChI=1S/C46H76N2O4/c1-31(2)33-14-19-46(22-23-47-24-26-48(27-25-47)30-32-10-11-32)21-20-44(8)34(40(33)46)12-13-36-43(7)17-16-37(42(5,6)35(43)15-18-45(36,44)9)52-39(51)29-41(3,4)28-38(49)50/h32-37,40H,1,10-30H2,2-9H3,(H,49,50)/t33-,34+,35-,36+,37-,40+,43-,44+,45+,46+/m0/s1. The molecule has 0 bridgehead atoms. The number of carboxylic acid groups (broad SMARTS) is 1. The minimum absolute atomic E-state index is 0.0242. The van der Waals surface area contributed by atoms with E-state index in [1.807, 2.05) is 13.8 Å². The Balaban J connectivity index is 1.06. The molecule has 0 aromatic heterocycles. The van der Waals surface area contributed by atoms with Crippen LogP contribution in [0.1, 0.15) is 152 Å². The maximum absolute atomic E-state index is 13.3. The van der Waals surface area contributed by atoms with E-state index in [2.05, 4.69) is 57.9 Å². The molecular weight excluding hydrogens is 645 g/mol. The molecule has 1 aliphatic heterocycles. The molecule has 0 aromatic carbocycles. The molecule has 10 atom stereocenters. The molecular formula is C46H76N2O4. The fourth-order valence-corrected chi connectivity index (χ4v) is 15.2. The van der Waals surface area contributed by atoms with Crippen LogP contribution in [-0.2, 0) is 14.3 Å². The normalized spacial score (nSPS) is 43.5. The molecule has 6 saturated carbocycles. The molecule has 1 heterocycles. The maximum Gasteiger partial charge on any atom is 0.306 e. The predicted molar refractivity (Wildman–Crippen MR) is 210 cm³/mol. The Morgan fingerprint density at radius 2 is 1.48 bits per heavy atom. The molecule has 0 amide bonds. The van der Waals surface area contributed by atoms with E-state index in [9.17, 15) is 14.7 Å². The molecule has 7 rings (SSSR count). The summed E-state index contributed by atoms with van der Waals surface area (Å²) in [7, 11) is 0. The highest BCUT2D eigenvalue weighted by Gasteiger charge is 2.71. The number of nitrogens with zero attached hydrogens (tertiary/aromatic N) is 2. The van der Waals surface area contributed by atoms with Gasteiger partial charge in [0, 0.05) is 38.1 Å². The lowest BCUT2D eigenvalue weighted by Crippen LogP contribution is -2.66. The van der Waals surface area contributed by atoms with Crippen molar-refractivity contribution in [2.75, 3.05) is 39.3 Å². The number of allylic oxidation sites excluding steroid dienone is 1. The topological polar surface area (TPSA) is 70.1 Å². The molecule has 6 nitrogen and oxygen atoms in total. The van der Waals surface area contributed by atoms with Gasteiger partial charge in [-0.3, -0.25) is 9.59 Å². The van der Waals surface area contributed by atoms with Crippen molar-refractivity contribution in [1.29, 1.82) is 0 Å². The smallest absolute Gasteiger partial charge is 0.306 e. The van der Waals surface area contributed by atoms with Crippen LogP contribution in [0, 0.1) is 68.0 Å². The molecule has 7 aliphatic rings. The first kappa shape index (κ1) is 38.9. The first-order valence-electron chi connectivity index (χ1n) is 21.9. The van der Waals surface area contributed by atoms with Crippen LogP contribution in [0.15, 0.2) is 12.2 Å². The van der Waals surface area contributed by atoms with Gasteiger partial charge in [0.05, 0.1) is 12.8 Å². The molecule has 7 fully saturated rings. The lowest BCUT2D eigenvalue weighted by molar-refractivity contribution is -0.250. The van der Waals surface area contributed by atoms with Gasteiger partial charge in [-0.25, -0.2) is 0 Å². The van der Waals surface area contributed by atoms with Crippen LogP contribution in [0.5, 0.6) is 0 Å². The Morgan fingerprint density at radius 3 is 2.13 bits per heavy atom. The second-order valence-electron chi connectivity index (χ2n) is 22.1. The summed E-state index contributed by atoms with van der Waals surface area (Å²) in [5, 5.41) is 9.37. The molecule has 294 valence electrons. The van der Waals surface area contributed by atoms with Crippen molar-refractivity contribution < 1.29 is 19.4 Å². The molecule has 0 spiro atoms. The molecule has 1 saturated heterocycles. The van der Waals surface area contributed by atoms with Gasteiger partial charge in [0.1, 0.15) is 6.10 Å². The van der Waals surface area contributed by atoms with E-state index in [1.54, 1.807) is 0 Å². The predicted octanol–water partition coefficient (Wildman–Crippen LogP) is 9.86. The first-order valence-corrected chi connectivity index (χ1v) is 21.9. The summed E-state index contributed by atoms with van der Waals surface area (Å²) < 4.78 is 6.32. The highest BCUT2D eigenvalue weighted by Crippen LogP contribution is 2.78. The van der Waals surface area contributed by atoms with Crippen molar-refractivity contribution in [3.63, 3.8) is 0 Å². The van der Waals surface area contributed by atoms with Crippen LogP contribution < -0.4 is 0 Å². The molecule has 52 heavy (non-hydrogen) atoms. The molecule has 0 aromatic rings. The van der Waals surface area contributed by atoms with Gasteiger partial charge in [0.15, 0.2) is 0 Å². The van der Waals surface area contributed by atoms with Gasteiger partial charge in [-0.2, -0.15) is 0 Å². The SMILES string of the molecule is C=C(C)[C@@H]1CC[C@]2(CCN3CCN(CC4CC4)CC3)CC[C@]3(C)[C@H](CC[C@@H]4[C@@]5(C)CC[C@H](OC(=O)CC(C)(C)CC(=O)O)C(C)(C)[C@@H]5CC[C@]43C)[C@@H]12. The largest absolute Gasteiger partial charge is 0.481 e. The Kier molecular flexibility index (Phi) is 10.2. The van der Waals surface area contributed by atoms with Crippen molar-refractivity contribution in [3.8, 4) is 0 Å². The van der Waals surface area contributed by atoms with Gasteiger partial charge in [-0.1, -0.05) is 60.6 Å². The Labute approximate surface area is 317 Å². The summed E-state index contributed by atoms with van der Waals surface area (Å²) in [5.74, 6) is 3.34. The average Bonchev–Trinajstić information content (AvgIpc) is 3.78. The Bertz CT molecular complexity index is 1380. The molecule has 0 unspecified atom stereocenters. The van der Waals surface area contributed by atoms with Gasteiger partial charge < -0.3 is 19.6 Å². The summed E-state index contributed by atoms with van der Waals surface area (Å²) >= 11 is 0. The molecule has 6 heteroatoms. The van der Waals surface area contributed by atoms with Gasteiger partial charge in [-0.15, -0.1) is 0 Å². The zero-order valence-electron chi connectivity index (χ0n) is 34.7. The van der Waals surface area contributed by atoms with Crippen LogP contribution in [0.4, 0.5) is 0 Å². The fraction of sp³-hybridized carbons (Fsp3) is 0.913. The third-order valence-electron chi connectivity index (χ3n) is 18.3. The van der Waals surface area contributed by atoms with Crippen LogP contribution in [0.2, 0.25) is 0 Å². The van der Waals surface area contributed by atoms with Crippen molar-refractivity contribution in [3.05, 3.63) is 12.2 Å². The lowest BCUT2D eigenvalue weighted by atomic mass is 9.32. The summed E-state index contributed by atoms with van der Waals surface area (Å²) in [6.07, 6.45) is 17.1. The average molecular weight is 721 g/mol. The fourth-order valence-electron chi connectivity index (χ4n) is 15.2. The van der Waals surface area contributed by atoms with Gasteiger partial charge in [0.2, 0.25) is 0 Å². The van der Waals surface area contributed by atoms with Crippen LogP contribution in [0.3, 0.4) is 0 Å². The van der Waals surface area contributed by atoms with Crippen LogP contribution >= 0.6 is 0 Å². The van der Waals surface area contributed by atoms with E-state index in [4.69, 9.17) is 4.74 Å². The number of esters is 1. The number of carbonyl (C=O) groups excluding carboxylic acids is 1. The van der Waals surface area contributed by atoms with Gasteiger partial charge in [0.25, 0.3) is 0 Å². The second-order valence-corrected chi connectivity index (χ2v) is 22.1. The van der Waals surface area contributed by atoms with Crippen molar-refractivity contribution in [2.24, 2.45) is 68.0 Å². The number of rotatable bonds is 11. The molecule has 1 N–H and O–H groups in total. The first-order chi connectivity index (χ1) is 24.3. The molecule has 0 radical (unpaired) electrons. The Hall–Kier alpha value is -1.40. The zero-order chi connectivity index (χ0) is 37.5. The highest BCUT2D eigenvalue weighted by atomic mass is 16.5. The van der Waals surface area contributed by atoms with Gasteiger partial charge >= 0.3 is 11.9 Å². The van der Waals surface area contributed by atoms with Gasteiger partial charge in [-0.05, 0) is 160 Å². The third-order valence-corrected chi connectivity index (χ3v) is 18.3.